The normalized spacial score (nSPS) is 35.5. The van der Waals surface area contributed by atoms with Crippen LogP contribution in [0.1, 0.15) is 19.8 Å². The van der Waals surface area contributed by atoms with Crippen LogP contribution in [0.25, 0.3) is 0 Å². The lowest BCUT2D eigenvalue weighted by Gasteiger charge is -2.42. The summed E-state index contributed by atoms with van der Waals surface area (Å²) < 4.78 is 6.27. The maximum absolute atomic E-state index is 11.3. The van der Waals surface area contributed by atoms with E-state index in [9.17, 15) is 20.1 Å². The van der Waals surface area contributed by atoms with Crippen molar-refractivity contribution in [3.63, 3.8) is 0 Å². The number of carbonyl (C=O) groups excluding carboxylic acids is 1. The molecule has 2 saturated heterocycles. The van der Waals surface area contributed by atoms with Gasteiger partial charge in [-0.05, 0) is 12.8 Å². The fraction of sp³-hybridized carbons (Fsp3) is 0.846. The van der Waals surface area contributed by atoms with Gasteiger partial charge >= 0.3 is 0 Å². The molecule has 9 heteroatoms. The zero-order valence-electron chi connectivity index (χ0n) is 12.3. The molecule has 1 amide bonds. The zero-order valence-corrected chi connectivity index (χ0v) is 14.0. The van der Waals surface area contributed by atoms with Crippen LogP contribution in [0.5, 0.6) is 0 Å². The quantitative estimate of drug-likeness (QED) is 0.483. The Morgan fingerprint density at radius 3 is 2.55 bits per heavy atom. The van der Waals surface area contributed by atoms with Gasteiger partial charge in [0.2, 0.25) is 5.91 Å². The average Bonchev–Trinajstić information content (AvgIpc) is 3.00. The molecule has 0 aromatic heterocycles. The molecule has 22 heavy (non-hydrogen) atoms. The number of aliphatic hydroxyl groups excluding tert-OH is 3. The van der Waals surface area contributed by atoms with E-state index in [1.165, 1.54) is 18.7 Å². The number of thioether (sulfide) groups is 1. The second-order valence-corrected chi connectivity index (χ2v) is 7.24. The fourth-order valence-electron chi connectivity index (χ4n) is 2.64. The Labute approximate surface area is 139 Å². The van der Waals surface area contributed by atoms with E-state index in [0.29, 0.717) is 4.32 Å². The molecule has 4 N–H and O–H groups in total. The van der Waals surface area contributed by atoms with Crippen molar-refractivity contribution >= 4 is 34.2 Å². The summed E-state index contributed by atoms with van der Waals surface area (Å²) in [6.45, 7) is 2.69. The summed E-state index contributed by atoms with van der Waals surface area (Å²) in [6.07, 6.45) is -1.23. The SMILES string of the molecule is CC(=O)N[C@H]1C(SC(=S)N2CCCC2)O[C@H](CO)[C@@H](O)[C@@H]1O. The molecule has 5 atom stereocenters. The monoisotopic (exact) mass is 350 g/mol. The summed E-state index contributed by atoms with van der Waals surface area (Å²) in [5.41, 5.74) is -0.660. The third kappa shape index (κ3) is 4.09. The van der Waals surface area contributed by atoms with Crippen molar-refractivity contribution < 1.29 is 24.9 Å². The van der Waals surface area contributed by atoms with E-state index in [0.717, 1.165) is 25.9 Å². The summed E-state index contributed by atoms with van der Waals surface area (Å²) in [7, 11) is 0. The number of aliphatic hydroxyl groups is 3. The van der Waals surface area contributed by atoms with Crippen molar-refractivity contribution in [3.05, 3.63) is 0 Å². The summed E-state index contributed by atoms with van der Waals surface area (Å²) in [4.78, 5) is 13.4. The highest BCUT2D eigenvalue weighted by atomic mass is 32.2. The second-order valence-electron chi connectivity index (χ2n) is 5.51. The number of amides is 1. The standard InChI is InChI=1S/C13H22N2O5S2/c1-7(17)14-9-11(19)10(18)8(6-16)20-12(9)22-13(21)15-4-2-3-5-15/h8-12,16,18-19H,2-6H2,1H3,(H,14,17)/t8-,9-,10-,11-,12?/m1/s1. The van der Waals surface area contributed by atoms with Crippen molar-refractivity contribution in [1.82, 2.24) is 10.2 Å². The largest absolute Gasteiger partial charge is 0.394 e. The van der Waals surface area contributed by atoms with Gasteiger partial charge in [-0.3, -0.25) is 4.79 Å². The number of carbonyl (C=O) groups is 1. The summed E-state index contributed by atoms with van der Waals surface area (Å²) in [5, 5.41) is 32.0. The highest BCUT2D eigenvalue weighted by Gasteiger charge is 2.45. The Hall–Kier alpha value is -0.450. The maximum atomic E-state index is 11.3. The van der Waals surface area contributed by atoms with Gasteiger partial charge in [0, 0.05) is 20.0 Å². The highest BCUT2D eigenvalue weighted by molar-refractivity contribution is 8.23. The van der Waals surface area contributed by atoms with Crippen molar-refractivity contribution in [2.24, 2.45) is 0 Å². The van der Waals surface area contributed by atoms with Crippen molar-refractivity contribution in [2.75, 3.05) is 19.7 Å². The van der Waals surface area contributed by atoms with Gasteiger partial charge < -0.3 is 30.3 Å². The molecule has 2 heterocycles. The molecule has 0 spiro atoms. The zero-order chi connectivity index (χ0) is 16.3. The van der Waals surface area contributed by atoms with Crippen LogP contribution in [0.3, 0.4) is 0 Å². The minimum absolute atomic E-state index is 0.333. The number of rotatable bonds is 3. The Kier molecular flexibility index (Phi) is 6.42. The Morgan fingerprint density at radius 2 is 2.00 bits per heavy atom. The van der Waals surface area contributed by atoms with E-state index >= 15 is 0 Å². The maximum Gasteiger partial charge on any atom is 0.217 e. The van der Waals surface area contributed by atoms with Crippen LogP contribution in [-0.2, 0) is 9.53 Å². The average molecular weight is 350 g/mol. The minimum Gasteiger partial charge on any atom is -0.394 e. The van der Waals surface area contributed by atoms with Crippen LogP contribution in [0.15, 0.2) is 0 Å². The minimum atomic E-state index is -1.26. The predicted octanol–water partition coefficient (Wildman–Crippen LogP) is -0.956. The van der Waals surface area contributed by atoms with Crippen LogP contribution >= 0.6 is 24.0 Å². The first-order chi connectivity index (χ1) is 10.4. The lowest BCUT2D eigenvalue weighted by Crippen LogP contribution is -2.63. The van der Waals surface area contributed by atoms with Crippen LogP contribution in [0.4, 0.5) is 0 Å². The van der Waals surface area contributed by atoms with E-state index in [1.54, 1.807) is 0 Å². The molecule has 0 aromatic carbocycles. The lowest BCUT2D eigenvalue weighted by atomic mass is 9.98. The van der Waals surface area contributed by atoms with Crippen LogP contribution in [0.2, 0.25) is 0 Å². The van der Waals surface area contributed by atoms with Gasteiger partial charge in [0.25, 0.3) is 0 Å². The Bertz CT molecular complexity index is 419. The van der Waals surface area contributed by atoms with Gasteiger partial charge in [0.05, 0.1) is 12.6 Å². The number of likely N-dealkylation sites (tertiary alicyclic amines) is 1. The fourth-order valence-corrected chi connectivity index (χ4v) is 4.22. The summed E-state index contributed by atoms with van der Waals surface area (Å²) >= 11 is 6.62. The molecule has 7 nitrogen and oxygen atoms in total. The number of thiocarbonyl (C=S) groups is 1. The first-order valence-electron chi connectivity index (χ1n) is 7.29. The van der Waals surface area contributed by atoms with E-state index in [1.807, 2.05) is 0 Å². The van der Waals surface area contributed by atoms with Gasteiger partial charge in [0.1, 0.15) is 28.1 Å². The number of ether oxygens (including phenoxy) is 1. The van der Waals surface area contributed by atoms with E-state index in [2.05, 4.69) is 10.2 Å². The van der Waals surface area contributed by atoms with E-state index < -0.39 is 36.4 Å². The first kappa shape index (κ1) is 17.9. The smallest absolute Gasteiger partial charge is 0.217 e. The topological polar surface area (TPSA) is 102 Å². The molecule has 0 aromatic rings. The van der Waals surface area contributed by atoms with Crippen LogP contribution in [0, 0.1) is 0 Å². The lowest BCUT2D eigenvalue weighted by molar-refractivity contribution is -0.173. The van der Waals surface area contributed by atoms with Crippen molar-refractivity contribution in [2.45, 2.75) is 49.6 Å². The highest BCUT2D eigenvalue weighted by Crippen LogP contribution is 2.31. The third-order valence-electron chi connectivity index (χ3n) is 3.83. The van der Waals surface area contributed by atoms with Crippen LogP contribution in [-0.4, -0.2) is 79.9 Å². The second kappa shape index (κ2) is 7.89. The summed E-state index contributed by atoms with van der Waals surface area (Å²) in [5.74, 6) is -0.333. The Balaban J connectivity index is 2.08. The van der Waals surface area contributed by atoms with Gasteiger partial charge in [-0.15, -0.1) is 0 Å². The molecule has 2 aliphatic rings. The van der Waals surface area contributed by atoms with E-state index in [4.69, 9.17) is 17.0 Å². The molecule has 2 fully saturated rings. The first-order valence-corrected chi connectivity index (χ1v) is 8.58. The molecule has 0 saturated carbocycles. The van der Waals surface area contributed by atoms with Crippen molar-refractivity contribution in [1.29, 1.82) is 0 Å². The molecular weight excluding hydrogens is 328 g/mol. The molecular formula is C13H22N2O5S2. The summed E-state index contributed by atoms with van der Waals surface area (Å²) in [6, 6.07) is -0.791. The number of nitrogens with one attached hydrogen (secondary N) is 1. The molecule has 0 bridgehead atoms. The number of hydrogen-bond donors (Lipinski definition) is 4. The third-order valence-corrected chi connectivity index (χ3v) is 5.48. The van der Waals surface area contributed by atoms with Gasteiger partial charge in [0.15, 0.2) is 0 Å². The van der Waals surface area contributed by atoms with Gasteiger partial charge in [-0.1, -0.05) is 24.0 Å². The number of nitrogens with zero attached hydrogens (tertiary/aromatic N) is 1. The Morgan fingerprint density at radius 1 is 1.36 bits per heavy atom. The molecule has 0 radical (unpaired) electrons. The van der Waals surface area contributed by atoms with Crippen molar-refractivity contribution in [3.8, 4) is 0 Å². The molecule has 126 valence electrons. The van der Waals surface area contributed by atoms with Gasteiger partial charge in [-0.2, -0.15) is 0 Å². The molecule has 2 rings (SSSR count). The molecule has 2 aliphatic heterocycles. The number of hydrogen-bond acceptors (Lipinski definition) is 7. The predicted molar refractivity (Wildman–Crippen MR) is 86.4 cm³/mol. The van der Waals surface area contributed by atoms with Gasteiger partial charge in [-0.25, -0.2) is 0 Å². The van der Waals surface area contributed by atoms with Crippen LogP contribution < -0.4 is 5.32 Å². The van der Waals surface area contributed by atoms with E-state index in [-0.39, 0.29) is 5.91 Å². The molecule has 1 unspecified atom stereocenters. The molecule has 0 aliphatic carbocycles.